The summed E-state index contributed by atoms with van der Waals surface area (Å²) in [6.07, 6.45) is 1.26. The third kappa shape index (κ3) is 2.45. The first-order valence-electron chi connectivity index (χ1n) is 5.27. The Kier molecular flexibility index (Phi) is 2.96. The molecular formula is C11H20N2O2S. The Morgan fingerprint density at radius 3 is 1.88 bits per heavy atom. The fourth-order valence-corrected chi connectivity index (χ4v) is 3.42. The van der Waals surface area contributed by atoms with Crippen molar-refractivity contribution in [1.29, 1.82) is 0 Å². The lowest BCUT2D eigenvalue weighted by Gasteiger charge is -2.33. The smallest absolute Gasteiger partial charge is 0.282 e. The predicted octanol–water partition coefficient (Wildman–Crippen LogP) is 2.25. The normalized spacial score (nSPS) is 20.9. The van der Waals surface area contributed by atoms with Gasteiger partial charge in [-0.05, 0) is 0 Å². The minimum atomic E-state index is -3.53. The van der Waals surface area contributed by atoms with E-state index in [0.29, 0.717) is 4.91 Å². The molecule has 1 N–H and O–H groups in total. The van der Waals surface area contributed by atoms with Crippen molar-refractivity contribution >= 4 is 16.4 Å². The van der Waals surface area contributed by atoms with Gasteiger partial charge in [-0.25, -0.2) is 0 Å². The first kappa shape index (κ1) is 13.2. The van der Waals surface area contributed by atoms with Gasteiger partial charge in [0.25, 0.3) is 10.0 Å². The molecule has 1 heterocycles. The van der Waals surface area contributed by atoms with Crippen LogP contribution in [-0.2, 0) is 10.0 Å². The zero-order chi connectivity index (χ0) is 12.8. The number of hydrogen-bond donors (Lipinski definition) is 1. The SMILES string of the molecule is CC(C)(C)C1=C(C(C)(C)C)S(=O)(=O)N=CN1. The van der Waals surface area contributed by atoms with Crippen LogP contribution in [0.2, 0.25) is 0 Å². The Labute approximate surface area is 97.9 Å². The number of allylic oxidation sites excluding steroid dienone is 2. The Balaban J connectivity index is 3.54. The quantitative estimate of drug-likeness (QED) is 0.711. The summed E-state index contributed by atoms with van der Waals surface area (Å²) in [5.41, 5.74) is 0.0314. The lowest BCUT2D eigenvalue weighted by atomic mass is 9.85. The van der Waals surface area contributed by atoms with Gasteiger partial charge in [0.1, 0.15) is 6.34 Å². The van der Waals surface area contributed by atoms with Gasteiger partial charge in [-0.15, -0.1) is 4.40 Å². The van der Waals surface area contributed by atoms with Gasteiger partial charge >= 0.3 is 0 Å². The van der Waals surface area contributed by atoms with E-state index in [2.05, 4.69) is 9.71 Å². The van der Waals surface area contributed by atoms with Gasteiger partial charge in [0.05, 0.1) is 4.91 Å². The average Bonchev–Trinajstić information content (AvgIpc) is 1.97. The van der Waals surface area contributed by atoms with Crippen molar-refractivity contribution in [2.45, 2.75) is 41.5 Å². The van der Waals surface area contributed by atoms with Gasteiger partial charge in [0, 0.05) is 16.5 Å². The molecule has 1 aliphatic rings. The zero-order valence-corrected chi connectivity index (χ0v) is 11.6. The van der Waals surface area contributed by atoms with Gasteiger partial charge in [-0.1, -0.05) is 41.5 Å². The summed E-state index contributed by atoms with van der Waals surface area (Å²) in [4.78, 5) is 0.384. The van der Waals surface area contributed by atoms with E-state index in [1.54, 1.807) is 0 Å². The van der Waals surface area contributed by atoms with Crippen molar-refractivity contribution in [3.63, 3.8) is 0 Å². The van der Waals surface area contributed by atoms with Crippen LogP contribution in [0.1, 0.15) is 41.5 Å². The topological polar surface area (TPSA) is 58.5 Å². The molecule has 0 aromatic rings. The van der Waals surface area contributed by atoms with E-state index < -0.39 is 15.4 Å². The Bertz CT molecular complexity index is 445. The zero-order valence-electron chi connectivity index (χ0n) is 10.7. The maximum Gasteiger partial charge on any atom is 0.282 e. The van der Waals surface area contributed by atoms with Gasteiger partial charge < -0.3 is 5.32 Å². The second-order valence-corrected chi connectivity index (χ2v) is 7.63. The summed E-state index contributed by atoms with van der Waals surface area (Å²) >= 11 is 0. The average molecular weight is 244 g/mol. The molecule has 0 aliphatic carbocycles. The maximum absolute atomic E-state index is 12.0. The van der Waals surface area contributed by atoms with E-state index in [0.717, 1.165) is 5.70 Å². The van der Waals surface area contributed by atoms with Gasteiger partial charge in [-0.3, -0.25) is 0 Å². The second-order valence-electron chi connectivity index (χ2n) is 6.06. The summed E-state index contributed by atoms with van der Waals surface area (Å²) in [5.74, 6) is 0. The van der Waals surface area contributed by atoms with Crippen LogP contribution in [0, 0.1) is 10.8 Å². The molecule has 0 spiro atoms. The maximum atomic E-state index is 12.0. The van der Waals surface area contributed by atoms with Gasteiger partial charge in [0.2, 0.25) is 0 Å². The molecule has 92 valence electrons. The van der Waals surface area contributed by atoms with Crippen LogP contribution in [0.15, 0.2) is 15.0 Å². The Hall–Kier alpha value is -0.840. The Morgan fingerprint density at radius 2 is 1.56 bits per heavy atom. The molecule has 1 rings (SSSR count). The van der Waals surface area contributed by atoms with Crippen LogP contribution in [0.5, 0.6) is 0 Å². The number of rotatable bonds is 0. The highest BCUT2D eigenvalue weighted by atomic mass is 32.2. The van der Waals surface area contributed by atoms with Gasteiger partial charge in [0.15, 0.2) is 0 Å². The molecule has 0 atom stereocenters. The summed E-state index contributed by atoms with van der Waals surface area (Å²) in [6, 6.07) is 0. The highest BCUT2D eigenvalue weighted by Crippen LogP contribution is 2.39. The molecule has 0 saturated carbocycles. The molecule has 0 saturated heterocycles. The van der Waals surface area contributed by atoms with E-state index in [-0.39, 0.29) is 5.41 Å². The molecule has 0 bridgehead atoms. The van der Waals surface area contributed by atoms with E-state index in [1.807, 2.05) is 41.5 Å². The fourth-order valence-electron chi connectivity index (χ4n) is 1.73. The summed E-state index contributed by atoms with van der Waals surface area (Å²) in [7, 11) is -3.53. The van der Waals surface area contributed by atoms with Crippen LogP contribution in [0.3, 0.4) is 0 Å². The van der Waals surface area contributed by atoms with Crippen LogP contribution in [0.4, 0.5) is 0 Å². The molecule has 16 heavy (non-hydrogen) atoms. The third-order valence-corrected chi connectivity index (χ3v) is 4.03. The van der Waals surface area contributed by atoms with Crippen molar-refractivity contribution < 1.29 is 8.42 Å². The second kappa shape index (κ2) is 3.58. The fraction of sp³-hybridized carbons (Fsp3) is 0.727. The molecule has 0 aromatic heterocycles. The molecule has 0 aromatic carbocycles. The van der Waals surface area contributed by atoms with Crippen LogP contribution < -0.4 is 5.32 Å². The molecular weight excluding hydrogens is 224 g/mol. The number of sulfonamides is 1. The third-order valence-electron chi connectivity index (χ3n) is 2.32. The summed E-state index contributed by atoms with van der Waals surface area (Å²) in [5, 5.41) is 2.98. The largest absolute Gasteiger partial charge is 0.348 e. The molecule has 5 heteroatoms. The van der Waals surface area contributed by atoms with E-state index in [1.165, 1.54) is 6.34 Å². The Morgan fingerprint density at radius 1 is 1.06 bits per heavy atom. The minimum absolute atomic E-state index is 0.248. The monoisotopic (exact) mass is 244 g/mol. The lowest BCUT2D eigenvalue weighted by Crippen LogP contribution is -2.35. The molecule has 1 aliphatic heterocycles. The molecule has 0 fully saturated rings. The number of nitrogens with zero attached hydrogens (tertiary/aromatic N) is 1. The highest BCUT2D eigenvalue weighted by molar-refractivity contribution is 7.94. The van der Waals surface area contributed by atoms with E-state index >= 15 is 0 Å². The van der Waals surface area contributed by atoms with Crippen LogP contribution >= 0.6 is 0 Å². The van der Waals surface area contributed by atoms with Crippen molar-refractivity contribution in [1.82, 2.24) is 5.32 Å². The minimum Gasteiger partial charge on any atom is -0.348 e. The van der Waals surface area contributed by atoms with Crippen molar-refractivity contribution in [3.05, 3.63) is 10.6 Å². The summed E-state index contributed by atoms with van der Waals surface area (Å²) in [6.45, 7) is 11.6. The van der Waals surface area contributed by atoms with Crippen LogP contribution in [0.25, 0.3) is 0 Å². The molecule has 0 amide bonds. The predicted molar refractivity (Wildman–Crippen MR) is 66.5 cm³/mol. The van der Waals surface area contributed by atoms with Crippen molar-refractivity contribution in [2.24, 2.45) is 15.2 Å². The van der Waals surface area contributed by atoms with Crippen LogP contribution in [-0.4, -0.2) is 14.8 Å². The molecule has 4 nitrogen and oxygen atoms in total. The number of hydrogen-bond acceptors (Lipinski definition) is 3. The van der Waals surface area contributed by atoms with E-state index in [4.69, 9.17) is 0 Å². The summed E-state index contributed by atoms with van der Waals surface area (Å²) < 4.78 is 27.5. The standard InChI is InChI=1S/C11H20N2O2S/c1-10(2,3)8-9(11(4,5)6)16(14,15)13-7-12-8/h7H,1-6H3,(H,12,13). The van der Waals surface area contributed by atoms with E-state index in [9.17, 15) is 8.42 Å². The first-order chi connectivity index (χ1) is 6.96. The molecule has 0 radical (unpaired) electrons. The van der Waals surface area contributed by atoms with Gasteiger partial charge in [-0.2, -0.15) is 8.42 Å². The number of nitrogens with one attached hydrogen (secondary N) is 1. The van der Waals surface area contributed by atoms with Crippen molar-refractivity contribution in [2.75, 3.05) is 0 Å². The molecule has 0 unspecified atom stereocenters. The van der Waals surface area contributed by atoms with Crippen molar-refractivity contribution in [3.8, 4) is 0 Å². The highest BCUT2D eigenvalue weighted by Gasteiger charge is 2.37. The first-order valence-corrected chi connectivity index (χ1v) is 6.71. The lowest BCUT2D eigenvalue weighted by molar-refractivity contribution is 0.440.